The minimum Gasteiger partial charge on any atom is -0.491 e. The molecular formula is C16H21N3O2S. The summed E-state index contributed by atoms with van der Waals surface area (Å²) < 4.78 is 5.68. The fourth-order valence-electron chi connectivity index (χ4n) is 1.96. The summed E-state index contributed by atoms with van der Waals surface area (Å²) in [6.45, 7) is 6.45. The molecule has 0 radical (unpaired) electrons. The molecule has 5 nitrogen and oxygen atoms in total. The molecule has 1 aromatic carbocycles. The fraction of sp³-hybridized carbons (Fsp3) is 0.375. The van der Waals surface area contributed by atoms with Crippen LogP contribution in [0.1, 0.15) is 34.9 Å². The number of ether oxygens (including phenoxy) is 1. The molecule has 0 aliphatic heterocycles. The highest BCUT2D eigenvalue weighted by molar-refractivity contribution is 7.09. The third-order valence-corrected chi connectivity index (χ3v) is 3.85. The van der Waals surface area contributed by atoms with Gasteiger partial charge in [0, 0.05) is 17.5 Å². The van der Waals surface area contributed by atoms with Crippen LogP contribution in [0.4, 0.5) is 5.69 Å². The summed E-state index contributed by atoms with van der Waals surface area (Å²) in [6, 6.07) is 5.59. The SMILES string of the molecule is Cc1cc(NC(=O)c2csc(CCN)n2)ccc1OC(C)C. The first-order valence-corrected chi connectivity index (χ1v) is 8.10. The number of carbonyl (C=O) groups is 1. The van der Waals surface area contributed by atoms with Gasteiger partial charge in [-0.05, 0) is 51.1 Å². The van der Waals surface area contributed by atoms with Gasteiger partial charge in [-0.25, -0.2) is 4.98 Å². The van der Waals surface area contributed by atoms with E-state index in [4.69, 9.17) is 10.5 Å². The van der Waals surface area contributed by atoms with Crippen LogP contribution in [0.2, 0.25) is 0 Å². The second-order valence-corrected chi connectivity index (χ2v) is 6.21. The van der Waals surface area contributed by atoms with Gasteiger partial charge in [0.25, 0.3) is 5.91 Å². The Morgan fingerprint density at radius 2 is 2.23 bits per heavy atom. The summed E-state index contributed by atoms with van der Waals surface area (Å²) in [5.74, 6) is 0.614. The predicted octanol–water partition coefficient (Wildman–Crippen LogP) is 2.99. The van der Waals surface area contributed by atoms with Gasteiger partial charge in [-0.2, -0.15) is 0 Å². The average Bonchev–Trinajstić information content (AvgIpc) is 2.91. The Labute approximate surface area is 134 Å². The number of hydrogen-bond acceptors (Lipinski definition) is 5. The van der Waals surface area contributed by atoms with E-state index in [2.05, 4.69) is 10.3 Å². The zero-order valence-electron chi connectivity index (χ0n) is 13.1. The molecule has 2 aromatic rings. The molecule has 3 N–H and O–H groups in total. The minimum atomic E-state index is -0.212. The highest BCUT2D eigenvalue weighted by atomic mass is 32.1. The van der Waals surface area contributed by atoms with Crippen LogP contribution in [0.3, 0.4) is 0 Å². The number of nitrogens with two attached hydrogens (primary N) is 1. The lowest BCUT2D eigenvalue weighted by Gasteiger charge is -2.13. The maximum atomic E-state index is 12.2. The molecule has 0 aliphatic carbocycles. The van der Waals surface area contributed by atoms with Gasteiger partial charge in [-0.1, -0.05) is 0 Å². The Bertz CT molecular complexity index is 653. The first kappa shape index (κ1) is 16.5. The lowest BCUT2D eigenvalue weighted by Crippen LogP contribution is -2.13. The van der Waals surface area contributed by atoms with Crippen LogP contribution in [0, 0.1) is 6.92 Å². The van der Waals surface area contributed by atoms with Gasteiger partial charge in [-0.15, -0.1) is 11.3 Å². The highest BCUT2D eigenvalue weighted by Crippen LogP contribution is 2.23. The molecule has 0 unspecified atom stereocenters. The van der Waals surface area contributed by atoms with Crippen molar-refractivity contribution in [3.05, 3.63) is 39.8 Å². The van der Waals surface area contributed by atoms with E-state index in [0.717, 1.165) is 22.0 Å². The molecule has 0 saturated carbocycles. The molecule has 1 aromatic heterocycles. The first-order chi connectivity index (χ1) is 10.5. The maximum Gasteiger partial charge on any atom is 0.275 e. The summed E-state index contributed by atoms with van der Waals surface area (Å²) in [4.78, 5) is 16.5. The Hall–Kier alpha value is -1.92. The van der Waals surface area contributed by atoms with Crippen LogP contribution in [-0.4, -0.2) is 23.5 Å². The summed E-state index contributed by atoms with van der Waals surface area (Å²) >= 11 is 1.45. The van der Waals surface area contributed by atoms with E-state index in [1.807, 2.05) is 39.0 Å². The van der Waals surface area contributed by atoms with E-state index in [1.165, 1.54) is 11.3 Å². The van der Waals surface area contributed by atoms with E-state index < -0.39 is 0 Å². The van der Waals surface area contributed by atoms with Crippen molar-refractivity contribution in [2.45, 2.75) is 33.3 Å². The molecular weight excluding hydrogens is 298 g/mol. The number of aryl methyl sites for hydroxylation is 1. The zero-order valence-corrected chi connectivity index (χ0v) is 13.9. The number of anilines is 1. The molecule has 0 saturated heterocycles. The zero-order chi connectivity index (χ0) is 16.1. The lowest BCUT2D eigenvalue weighted by molar-refractivity contribution is 0.102. The summed E-state index contributed by atoms with van der Waals surface area (Å²) in [5, 5.41) is 5.49. The van der Waals surface area contributed by atoms with Crippen molar-refractivity contribution >= 4 is 22.9 Å². The average molecular weight is 319 g/mol. The quantitative estimate of drug-likeness (QED) is 0.858. The molecule has 1 amide bonds. The van der Waals surface area contributed by atoms with Crippen molar-refractivity contribution in [3.8, 4) is 5.75 Å². The van der Waals surface area contributed by atoms with Crippen LogP contribution in [0.15, 0.2) is 23.6 Å². The topological polar surface area (TPSA) is 77.2 Å². The number of carbonyl (C=O) groups excluding carboxylic acids is 1. The standard InChI is InChI=1S/C16H21N3O2S/c1-10(2)21-14-5-4-12(8-11(14)3)18-16(20)13-9-22-15(19-13)6-7-17/h4-5,8-10H,6-7,17H2,1-3H3,(H,18,20). The first-order valence-electron chi connectivity index (χ1n) is 7.22. The van der Waals surface area contributed by atoms with Crippen molar-refractivity contribution in [1.29, 1.82) is 0 Å². The van der Waals surface area contributed by atoms with Crippen LogP contribution in [0.25, 0.3) is 0 Å². The molecule has 2 rings (SSSR count). The third kappa shape index (κ3) is 4.29. The van der Waals surface area contributed by atoms with Crippen molar-refractivity contribution in [3.63, 3.8) is 0 Å². The number of nitrogens with one attached hydrogen (secondary N) is 1. The van der Waals surface area contributed by atoms with E-state index in [9.17, 15) is 4.79 Å². The molecule has 118 valence electrons. The predicted molar refractivity (Wildman–Crippen MR) is 89.8 cm³/mol. The van der Waals surface area contributed by atoms with Crippen molar-refractivity contribution < 1.29 is 9.53 Å². The Kier molecular flexibility index (Phi) is 5.51. The summed E-state index contributed by atoms with van der Waals surface area (Å²) in [5.41, 5.74) is 7.62. The van der Waals surface area contributed by atoms with Crippen molar-refractivity contribution in [2.24, 2.45) is 5.73 Å². The second kappa shape index (κ2) is 7.38. The molecule has 0 bridgehead atoms. The van der Waals surface area contributed by atoms with Crippen LogP contribution in [-0.2, 0) is 6.42 Å². The van der Waals surface area contributed by atoms with Gasteiger partial charge in [0.05, 0.1) is 11.1 Å². The van der Waals surface area contributed by atoms with Crippen LogP contribution < -0.4 is 15.8 Å². The number of benzene rings is 1. The van der Waals surface area contributed by atoms with Gasteiger partial charge in [0.2, 0.25) is 0 Å². The molecule has 1 heterocycles. The van der Waals surface area contributed by atoms with Crippen LogP contribution >= 0.6 is 11.3 Å². The Morgan fingerprint density at radius 3 is 2.86 bits per heavy atom. The molecule has 0 atom stereocenters. The van der Waals surface area contributed by atoms with E-state index in [-0.39, 0.29) is 12.0 Å². The normalized spacial score (nSPS) is 10.8. The van der Waals surface area contributed by atoms with Gasteiger partial charge in [0.15, 0.2) is 0 Å². The monoisotopic (exact) mass is 319 g/mol. The number of rotatable bonds is 6. The molecule has 0 spiro atoms. The van der Waals surface area contributed by atoms with Gasteiger partial charge in [0.1, 0.15) is 11.4 Å². The van der Waals surface area contributed by atoms with E-state index in [1.54, 1.807) is 5.38 Å². The summed E-state index contributed by atoms with van der Waals surface area (Å²) in [6.07, 6.45) is 0.813. The Balaban J connectivity index is 2.06. The minimum absolute atomic E-state index is 0.120. The molecule has 22 heavy (non-hydrogen) atoms. The number of nitrogens with zero attached hydrogens (tertiary/aromatic N) is 1. The molecule has 0 aliphatic rings. The van der Waals surface area contributed by atoms with Crippen molar-refractivity contribution in [1.82, 2.24) is 4.98 Å². The Morgan fingerprint density at radius 1 is 1.45 bits per heavy atom. The number of aromatic nitrogens is 1. The largest absolute Gasteiger partial charge is 0.491 e. The summed E-state index contributed by atoms with van der Waals surface area (Å²) in [7, 11) is 0. The second-order valence-electron chi connectivity index (χ2n) is 5.27. The fourth-order valence-corrected chi connectivity index (χ4v) is 2.76. The van der Waals surface area contributed by atoms with Crippen molar-refractivity contribution in [2.75, 3.05) is 11.9 Å². The number of hydrogen-bond donors (Lipinski definition) is 2. The number of amides is 1. The van der Waals surface area contributed by atoms with E-state index >= 15 is 0 Å². The smallest absolute Gasteiger partial charge is 0.275 e. The van der Waals surface area contributed by atoms with Gasteiger partial charge in [-0.3, -0.25) is 4.79 Å². The van der Waals surface area contributed by atoms with Crippen LogP contribution in [0.5, 0.6) is 5.75 Å². The van der Waals surface area contributed by atoms with Gasteiger partial charge < -0.3 is 15.8 Å². The molecule has 0 fully saturated rings. The number of thiazole rings is 1. The maximum absolute atomic E-state index is 12.2. The lowest BCUT2D eigenvalue weighted by atomic mass is 10.2. The van der Waals surface area contributed by atoms with E-state index in [0.29, 0.717) is 18.7 Å². The highest BCUT2D eigenvalue weighted by Gasteiger charge is 2.12. The third-order valence-electron chi connectivity index (χ3n) is 2.94. The van der Waals surface area contributed by atoms with Gasteiger partial charge >= 0.3 is 0 Å². The molecule has 6 heteroatoms.